The molecule has 6 heteroatoms. The van der Waals surface area contributed by atoms with Gasteiger partial charge in [-0.1, -0.05) is 25.8 Å². The number of aromatic nitrogens is 2. The molecule has 1 atom stereocenters. The maximum atomic E-state index is 6.16. The minimum absolute atomic E-state index is 0.417. The number of hydrogen-bond acceptors (Lipinski definition) is 6. The standard InChI is InChI=1S/C25H38N4O2/c1-8-20(15-19-9-10-19)27-23-18(4)26-24(28-25(23)30-7)22-17(3)13-16(2)14-21(22)31-12-11-29(5)6/h13-14,19-20,27H,8-12,15H2,1-7H3. The Labute approximate surface area is 187 Å². The molecule has 0 bridgehead atoms. The van der Waals surface area contributed by atoms with E-state index in [4.69, 9.17) is 19.4 Å². The van der Waals surface area contributed by atoms with Crippen molar-refractivity contribution < 1.29 is 9.47 Å². The molecule has 1 unspecified atom stereocenters. The van der Waals surface area contributed by atoms with E-state index in [-0.39, 0.29) is 0 Å². The Balaban J connectivity index is 1.94. The van der Waals surface area contributed by atoms with Gasteiger partial charge >= 0.3 is 0 Å². The van der Waals surface area contributed by atoms with Crippen molar-refractivity contribution in [2.75, 3.05) is 39.7 Å². The van der Waals surface area contributed by atoms with Gasteiger partial charge in [-0.15, -0.1) is 0 Å². The summed E-state index contributed by atoms with van der Waals surface area (Å²) < 4.78 is 11.9. The maximum Gasteiger partial charge on any atom is 0.241 e. The highest BCUT2D eigenvalue weighted by Crippen LogP contribution is 2.38. The molecule has 0 radical (unpaired) electrons. The summed E-state index contributed by atoms with van der Waals surface area (Å²) in [5.41, 5.74) is 4.99. The first-order chi connectivity index (χ1) is 14.8. The predicted molar refractivity (Wildman–Crippen MR) is 127 cm³/mol. The first kappa shape index (κ1) is 23.3. The molecular weight excluding hydrogens is 388 g/mol. The first-order valence-electron chi connectivity index (χ1n) is 11.4. The highest BCUT2D eigenvalue weighted by Gasteiger charge is 2.26. The van der Waals surface area contributed by atoms with E-state index in [1.165, 1.54) is 19.3 Å². The molecule has 1 aliphatic rings. The summed E-state index contributed by atoms with van der Waals surface area (Å²) in [6.45, 7) is 9.87. The molecule has 1 saturated carbocycles. The number of hydrogen-bond donors (Lipinski definition) is 1. The molecular formula is C25H38N4O2. The summed E-state index contributed by atoms with van der Waals surface area (Å²) in [5, 5.41) is 3.66. The van der Waals surface area contributed by atoms with E-state index >= 15 is 0 Å². The van der Waals surface area contributed by atoms with Gasteiger partial charge in [0.1, 0.15) is 18.0 Å². The van der Waals surface area contributed by atoms with Crippen molar-refractivity contribution in [1.29, 1.82) is 0 Å². The van der Waals surface area contributed by atoms with Crippen LogP contribution in [0.3, 0.4) is 0 Å². The molecule has 1 aromatic carbocycles. The Hall–Kier alpha value is -2.34. The fraction of sp³-hybridized carbons (Fsp3) is 0.600. The van der Waals surface area contributed by atoms with Crippen molar-refractivity contribution in [1.82, 2.24) is 14.9 Å². The second kappa shape index (κ2) is 10.3. The van der Waals surface area contributed by atoms with Gasteiger partial charge in [0.15, 0.2) is 5.82 Å². The van der Waals surface area contributed by atoms with Crippen molar-refractivity contribution in [2.45, 2.75) is 59.4 Å². The number of rotatable bonds is 11. The summed E-state index contributed by atoms with van der Waals surface area (Å²) in [4.78, 5) is 11.8. The van der Waals surface area contributed by atoms with Gasteiger partial charge in [0, 0.05) is 12.6 Å². The number of nitrogens with zero attached hydrogens (tertiary/aromatic N) is 3. The lowest BCUT2D eigenvalue weighted by molar-refractivity contribution is 0.262. The Morgan fingerprint density at radius 1 is 1.16 bits per heavy atom. The van der Waals surface area contributed by atoms with E-state index in [0.717, 1.165) is 52.7 Å². The molecule has 2 aromatic rings. The van der Waals surface area contributed by atoms with Crippen LogP contribution in [0.15, 0.2) is 12.1 Å². The van der Waals surface area contributed by atoms with Gasteiger partial charge in [-0.05, 0) is 70.8 Å². The third-order valence-electron chi connectivity index (χ3n) is 5.87. The molecule has 1 N–H and O–H groups in total. The summed E-state index contributed by atoms with van der Waals surface area (Å²) >= 11 is 0. The zero-order valence-corrected chi connectivity index (χ0v) is 20.2. The highest BCUT2D eigenvalue weighted by molar-refractivity contribution is 5.71. The van der Waals surface area contributed by atoms with Gasteiger partial charge in [-0.3, -0.25) is 0 Å². The molecule has 1 heterocycles. The van der Waals surface area contributed by atoms with Gasteiger partial charge in [0.25, 0.3) is 0 Å². The molecule has 31 heavy (non-hydrogen) atoms. The predicted octanol–water partition coefficient (Wildman–Crippen LogP) is 5.01. The molecule has 1 aliphatic carbocycles. The maximum absolute atomic E-state index is 6.16. The molecule has 1 fully saturated rings. The molecule has 0 spiro atoms. The number of methoxy groups -OCH3 is 1. The SMILES string of the molecule is CCC(CC1CC1)Nc1c(C)nc(-c2c(C)cc(C)cc2OCCN(C)C)nc1OC. The van der Waals surface area contributed by atoms with E-state index in [1.54, 1.807) is 7.11 Å². The van der Waals surface area contributed by atoms with E-state index in [0.29, 0.717) is 24.4 Å². The third kappa shape index (κ3) is 6.10. The number of benzene rings is 1. The van der Waals surface area contributed by atoms with Crippen LogP contribution < -0.4 is 14.8 Å². The quantitative estimate of drug-likeness (QED) is 0.545. The van der Waals surface area contributed by atoms with Crippen molar-refractivity contribution in [2.24, 2.45) is 5.92 Å². The number of aryl methyl sites for hydroxylation is 3. The fourth-order valence-corrected chi connectivity index (χ4v) is 3.93. The Kier molecular flexibility index (Phi) is 7.76. The summed E-state index contributed by atoms with van der Waals surface area (Å²) in [5.74, 6) is 2.92. The van der Waals surface area contributed by atoms with Crippen molar-refractivity contribution >= 4 is 5.69 Å². The molecule has 0 amide bonds. The zero-order chi connectivity index (χ0) is 22.5. The van der Waals surface area contributed by atoms with Gasteiger partial charge < -0.3 is 19.7 Å². The number of ether oxygens (including phenoxy) is 2. The molecule has 1 aromatic heterocycles. The monoisotopic (exact) mass is 426 g/mol. The fourth-order valence-electron chi connectivity index (χ4n) is 3.93. The Bertz CT molecular complexity index is 894. The lowest BCUT2D eigenvalue weighted by Gasteiger charge is -2.22. The average Bonchev–Trinajstić information content (AvgIpc) is 3.52. The lowest BCUT2D eigenvalue weighted by atomic mass is 10.0. The molecule has 170 valence electrons. The molecule has 3 rings (SSSR count). The van der Waals surface area contributed by atoms with Crippen LogP contribution in [0, 0.1) is 26.7 Å². The van der Waals surface area contributed by atoms with Crippen LogP contribution in [0.25, 0.3) is 11.4 Å². The largest absolute Gasteiger partial charge is 0.491 e. The zero-order valence-electron chi connectivity index (χ0n) is 20.2. The Morgan fingerprint density at radius 2 is 1.90 bits per heavy atom. The first-order valence-corrected chi connectivity index (χ1v) is 11.4. The van der Waals surface area contributed by atoms with Crippen LogP contribution in [-0.4, -0.2) is 55.3 Å². The molecule has 0 saturated heterocycles. The van der Waals surface area contributed by atoms with Gasteiger partial charge in [0.05, 0.1) is 18.4 Å². The van der Waals surface area contributed by atoms with E-state index in [1.807, 2.05) is 21.0 Å². The Morgan fingerprint density at radius 3 is 2.52 bits per heavy atom. The number of likely N-dealkylation sites (N-methyl/N-ethyl adjacent to an activating group) is 1. The second-order valence-electron chi connectivity index (χ2n) is 9.05. The van der Waals surface area contributed by atoms with E-state index < -0.39 is 0 Å². The molecule has 6 nitrogen and oxygen atoms in total. The second-order valence-corrected chi connectivity index (χ2v) is 9.05. The van der Waals surface area contributed by atoms with Gasteiger partial charge in [-0.25, -0.2) is 4.98 Å². The van der Waals surface area contributed by atoms with E-state index in [9.17, 15) is 0 Å². The highest BCUT2D eigenvalue weighted by atomic mass is 16.5. The van der Waals surface area contributed by atoms with Crippen molar-refractivity contribution in [3.8, 4) is 23.0 Å². The van der Waals surface area contributed by atoms with Crippen LogP contribution in [0.2, 0.25) is 0 Å². The van der Waals surface area contributed by atoms with Crippen LogP contribution in [0.4, 0.5) is 5.69 Å². The van der Waals surface area contributed by atoms with Crippen molar-refractivity contribution in [3.05, 3.63) is 29.0 Å². The van der Waals surface area contributed by atoms with Crippen LogP contribution in [-0.2, 0) is 0 Å². The summed E-state index contributed by atoms with van der Waals surface area (Å²) in [6.07, 6.45) is 4.98. The minimum atomic E-state index is 0.417. The van der Waals surface area contributed by atoms with Gasteiger partial charge in [0.2, 0.25) is 5.88 Å². The normalized spacial score (nSPS) is 14.6. The van der Waals surface area contributed by atoms with Crippen LogP contribution >= 0.6 is 0 Å². The van der Waals surface area contributed by atoms with E-state index in [2.05, 4.69) is 43.1 Å². The minimum Gasteiger partial charge on any atom is -0.491 e. The number of nitrogens with one attached hydrogen (secondary N) is 1. The number of anilines is 1. The van der Waals surface area contributed by atoms with Gasteiger partial charge in [-0.2, -0.15) is 4.98 Å². The summed E-state index contributed by atoms with van der Waals surface area (Å²) in [6, 6.07) is 4.63. The lowest BCUT2D eigenvalue weighted by Crippen LogP contribution is -2.21. The average molecular weight is 427 g/mol. The smallest absolute Gasteiger partial charge is 0.241 e. The van der Waals surface area contributed by atoms with Crippen LogP contribution in [0.1, 0.15) is 49.4 Å². The molecule has 0 aliphatic heterocycles. The summed E-state index contributed by atoms with van der Waals surface area (Å²) in [7, 11) is 5.76. The van der Waals surface area contributed by atoms with Crippen LogP contribution in [0.5, 0.6) is 11.6 Å². The topological polar surface area (TPSA) is 59.5 Å². The third-order valence-corrected chi connectivity index (χ3v) is 5.87. The van der Waals surface area contributed by atoms with Crippen molar-refractivity contribution in [3.63, 3.8) is 0 Å².